The molecule has 0 aliphatic heterocycles. The molecule has 1 N–H and O–H groups in total. The molecule has 3 heteroatoms. The van der Waals surface area contributed by atoms with Crippen molar-refractivity contribution in [1.29, 1.82) is 0 Å². The van der Waals surface area contributed by atoms with Gasteiger partial charge in [0.1, 0.15) is 0 Å². The van der Waals surface area contributed by atoms with Gasteiger partial charge in [0.05, 0.1) is 6.10 Å². The number of pyridine rings is 1. The number of unbranched alkanes of at least 4 members (excludes halogenated alkanes) is 1. The maximum Gasteiger partial charge on any atom is 0.0746 e. The van der Waals surface area contributed by atoms with Crippen molar-refractivity contribution in [3.63, 3.8) is 0 Å². The summed E-state index contributed by atoms with van der Waals surface area (Å²) in [6, 6.07) is 12.6. The summed E-state index contributed by atoms with van der Waals surface area (Å²) >= 11 is 0. The third-order valence-electron chi connectivity index (χ3n) is 4.12. The molecule has 1 heterocycles. The molecular weight excluding hydrogens is 310 g/mol. The Labute approximate surface area is 151 Å². The molecule has 0 saturated carbocycles. The molecule has 1 atom stereocenters. The van der Waals surface area contributed by atoms with Gasteiger partial charge in [-0.25, -0.2) is 0 Å². The van der Waals surface area contributed by atoms with Crippen molar-refractivity contribution in [3.05, 3.63) is 71.6 Å². The summed E-state index contributed by atoms with van der Waals surface area (Å²) in [5, 5.41) is 9.96. The fourth-order valence-corrected chi connectivity index (χ4v) is 2.50. The van der Waals surface area contributed by atoms with E-state index in [4.69, 9.17) is 4.74 Å². The van der Waals surface area contributed by atoms with Gasteiger partial charge >= 0.3 is 0 Å². The average Bonchev–Trinajstić information content (AvgIpc) is 2.66. The normalized spacial score (nSPS) is 12.6. The van der Waals surface area contributed by atoms with Crippen LogP contribution in [0.2, 0.25) is 0 Å². The number of aliphatic hydroxyl groups is 1. The highest BCUT2D eigenvalue weighted by Crippen LogP contribution is 2.10. The predicted octanol–water partition coefficient (Wildman–Crippen LogP) is 4.45. The van der Waals surface area contributed by atoms with E-state index in [1.165, 1.54) is 11.1 Å². The van der Waals surface area contributed by atoms with E-state index in [2.05, 4.69) is 42.2 Å². The molecule has 1 aromatic carbocycles. The maximum absolute atomic E-state index is 9.96. The minimum Gasteiger partial charge on any atom is -0.389 e. The summed E-state index contributed by atoms with van der Waals surface area (Å²) in [6.45, 7) is 3.54. The molecular formula is C22H29NO2. The van der Waals surface area contributed by atoms with Crippen LogP contribution in [0.5, 0.6) is 0 Å². The first kappa shape index (κ1) is 19.4. The largest absolute Gasteiger partial charge is 0.389 e. The van der Waals surface area contributed by atoms with E-state index < -0.39 is 6.10 Å². The van der Waals surface area contributed by atoms with E-state index in [0.29, 0.717) is 13.0 Å². The van der Waals surface area contributed by atoms with Gasteiger partial charge in [-0.15, -0.1) is 0 Å². The van der Waals surface area contributed by atoms with Gasteiger partial charge in [0.2, 0.25) is 0 Å². The van der Waals surface area contributed by atoms with Gasteiger partial charge in [-0.05, 0) is 42.0 Å². The molecule has 2 rings (SSSR count). The molecule has 0 bridgehead atoms. The Morgan fingerprint density at radius 3 is 2.60 bits per heavy atom. The molecule has 1 unspecified atom stereocenters. The number of nitrogens with zero attached hydrogens (tertiary/aromatic N) is 1. The van der Waals surface area contributed by atoms with Crippen LogP contribution >= 0.6 is 0 Å². The predicted molar refractivity (Wildman–Crippen MR) is 103 cm³/mol. The van der Waals surface area contributed by atoms with Crippen LogP contribution in [0.3, 0.4) is 0 Å². The third-order valence-corrected chi connectivity index (χ3v) is 4.12. The van der Waals surface area contributed by atoms with E-state index in [1.54, 1.807) is 6.20 Å². The van der Waals surface area contributed by atoms with Gasteiger partial charge in [-0.1, -0.05) is 55.8 Å². The molecule has 134 valence electrons. The molecule has 0 aliphatic rings. The number of ether oxygens (including phenoxy) is 1. The summed E-state index contributed by atoms with van der Waals surface area (Å²) in [7, 11) is 0. The lowest BCUT2D eigenvalue weighted by Crippen LogP contribution is -2.07. The molecule has 3 nitrogen and oxygen atoms in total. The Kier molecular flexibility index (Phi) is 8.95. The zero-order valence-electron chi connectivity index (χ0n) is 15.1. The van der Waals surface area contributed by atoms with E-state index in [9.17, 15) is 5.11 Å². The summed E-state index contributed by atoms with van der Waals surface area (Å²) in [5.41, 5.74) is 3.68. The van der Waals surface area contributed by atoms with Crippen LogP contribution in [0.15, 0.2) is 54.9 Å². The van der Waals surface area contributed by atoms with Crippen molar-refractivity contribution in [2.75, 3.05) is 13.2 Å². The van der Waals surface area contributed by atoms with E-state index in [-0.39, 0.29) is 0 Å². The highest BCUT2D eigenvalue weighted by Gasteiger charge is 2.00. The molecule has 1 aromatic heterocycles. The Bertz CT molecular complexity index is 608. The first-order valence-corrected chi connectivity index (χ1v) is 9.20. The standard InChI is InChI=1S/C22H29NO2/c1-2-3-16-25-17-14-22(24)13-12-20-8-6-19(7-9-20)10-11-21-5-4-15-23-18-21/h4-9,12-13,15,18,22,24H,2-3,10-11,14,16-17H2,1H3/b13-12+. The van der Waals surface area contributed by atoms with Crippen molar-refractivity contribution in [2.45, 2.75) is 45.1 Å². The topological polar surface area (TPSA) is 42.4 Å². The van der Waals surface area contributed by atoms with Crippen LogP contribution in [0.4, 0.5) is 0 Å². The minimum atomic E-state index is -0.452. The van der Waals surface area contributed by atoms with Crippen LogP contribution in [0, 0.1) is 0 Å². The minimum absolute atomic E-state index is 0.452. The third kappa shape index (κ3) is 8.10. The lowest BCUT2D eigenvalue weighted by atomic mass is 10.0. The van der Waals surface area contributed by atoms with Gasteiger partial charge in [0.25, 0.3) is 0 Å². The zero-order chi connectivity index (χ0) is 17.7. The number of hydrogen-bond acceptors (Lipinski definition) is 3. The van der Waals surface area contributed by atoms with Crippen molar-refractivity contribution in [3.8, 4) is 0 Å². The zero-order valence-corrected chi connectivity index (χ0v) is 15.1. The van der Waals surface area contributed by atoms with Crippen molar-refractivity contribution >= 4 is 6.08 Å². The molecule has 0 saturated heterocycles. The van der Waals surface area contributed by atoms with Crippen LogP contribution in [-0.2, 0) is 17.6 Å². The number of aromatic nitrogens is 1. The van der Waals surface area contributed by atoms with E-state index in [0.717, 1.165) is 37.9 Å². The van der Waals surface area contributed by atoms with Gasteiger partial charge < -0.3 is 9.84 Å². The molecule has 0 spiro atoms. The van der Waals surface area contributed by atoms with Crippen molar-refractivity contribution < 1.29 is 9.84 Å². The summed E-state index contributed by atoms with van der Waals surface area (Å²) < 4.78 is 5.48. The summed E-state index contributed by atoms with van der Waals surface area (Å²) in [4.78, 5) is 4.15. The van der Waals surface area contributed by atoms with E-state index in [1.807, 2.05) is 24.4 Å². The van der Waals surface area contributed by atoms with E-state index >= 15 is 0 Å². The van der Waals surface area contributed by atoms with Gasteiger partial charge in [0, 0.05) is 32.0 Å². The Hall–Kier alpha value is -1.97. The highest BCUT2D eigenvalue weighted by molar-refractivity contribution is 5.50. The molecule has 2 aromatic rings. The van der Waals surface area contributed by atoms with Gasteiger partial charge in [0.15, 0.2) is 0 Å². The van der Waals surface area contributed by atoms with Crippen molar-refractivity contribution in [1.82, 2.24) is 4.98 Å². The van der Waals surface area contributed by atoms with Crippen LogP contribution in [-0.4, -0.2) is 29.4 Å². The fourth-order valence-electron chi connectivity index (χ4n) is 2.50. The van der Waals surface area contributed by atoms with Crippen LogP contribution < -0.4 is 0 Å². The first-order valence-electron chi connectivity index (χ1n) is 9.20. The first-order chi connectivity index (χ1) is 12.3. The molecule has 0 radical (unpaired) electrons. The summed E-state index contributed by atoms with van der Waals surface area (Å²) in [6.07, 6.45) is 12.0. The van der Waals surface area contributed by atoms with Crippen LogP contribution in [0.1, 0.15) is 42.9 Å². The Balaban J connectivity index is 1.71. The lowest BCUT2D eigenvalue weighted by molar-refractivity contribution is 0.0969. The van der Waals surface area contributed by atoms with Crippen LogP contribution in [0.25, 0.3) is 6.08 Å². The second-order valence-corrected chi connectivity index (χ2v) is 6.28. The molecule has 0 aliphatic carbocycles. The number of hydrogen-bond donors (Lipinski definition) is 1. The average molecular weight is 339 g/mol. The van der Waals surface area contributed by atoms with Gasteiger partial charge in [-0.3, -0.25) is 4.98 Å². The van der Waals surface area contributed by atoms with Crippen molar-refractivity contribution in [2.24, 2.45) is 0 Å². The smallest absolute Gasteiger partial charge is 0.0746 e. The van der Waals surface area contributed by atoms with Gasteiger partial charge in [-0.2, -0.15) is 0 Å². The molecule has 0 fully saturated rings. The summed E-state index contributed by atoms with van der Waals surface area (Å²) in [5.74, 6) is 0. The number of aliphatic hydroxyl groups excluding tert-OH is 1. The fraction of sp³-hybridized carbons (Fsp3) is 0.409. The maximum atomic E-state index is 9.96. The highest BCUT2D eigenvalue weighted by atomic mass is 16.5. The monoisotopic (exact) mass is 339 g/mol. The Morgan fingerprint density at radius 1 is 1.08 bits per heavy atom. The molecule has 0 amide bonds. The lowest BCUT2D eigenvalue weighted by Gasteiger charge is -2.06. The second kappa shape index (κ2) is 11.6. The number of aryl methyl sites for hydroxylation is 2. The Morgan fingerprint density at radius 2 is 1.88 bits per heavy atom. The second-order valence-electron chi connectivity index (χ2n) is 6.28. The quantitative estimate of drug-likeness (QED) is 0.615. The SMILES string of the molecule is CCCCOCCC(O)/C=C/c1ccc(CCc2cccnc2)cc1. The molecule has 25 heavy (non-hydrogen) atoms. The number of benzene rings is 1. The number of rotatable bonds is 11.